The van der Waals surface area contributed by atoms with Crippen molar-refractivity contribution in [1.29, 1.82) is 0 Å². The van der Waals surface area contributed by atoms with Crippen molar-refractivity contribution in [1.82, 2.24) is 9.21 Å². The molecule has 8 heteroatoms. The molecule has 2 rings (SSSR count). The summed E-state index contributed by atoms with van der Waals surface area (Å²) in [6.45, 7) is 6.72. The smallest absolute Gasteiger partial charge is 0.371 e. The van der Waals surface area contributed by atoms with Gasteiger partial charge in [-0.2, -0.15) is 4.31 Å². The van der Waals surface area contributed by atoms with Crippen LogP contribution in [0, 0.1) is 6.92 Å². The topological polar surface area (TPSA) is 91.1 Å². The molecular formula is C13H20N2O5S. The predicted molar refractivity (Wildman–Crippen MR) is 75.9 cm³/mol. The summed E-state index contributed by atoms with van der Waals surface area (Å²) in [5.41, 5.74) is 0. The maximum atomic E-state index is 12.6. The molecule has 0 atom stereocenters. The molecule has 1 saturated heterocycles. The molecule has 0 radical (unpaired) electrons. The quantitative estimate of drug-likeness (QED) is 0.871. The third kappa shape index (κ3) is 3.28. The second kappa shape index (κ2) is 6.17. The Morgan fingerprint density at radius 1 is 1.33 bits per heavy atom. The van der Waals surface area contributed by atoms with Gasteiger partial charge >= 0.3 is 5.97 Å². The van der Waals surface area contributed by atoms with Crippen LogP contribution in [0.3, 0.4) is 0 Å². The number of carboxylic acids is 1. The molecule has 1 fully saturated rings. The van der Waals surface area contributed by atoms with Crippen LogP contribution in [-0.4, -0.2) is 61.4 Å². The summed E-state index contributed by atoms with van der Waals surface area (Å²) in [5, 5.41) is 8.88. The highest BCUT2D eigenvalue weighted by Gasteiger charge is 2.32. The number of aryl methyl sites for hydroxylation is 1. The van der Waals surface area contributed by atoms with Crippen LogP contribution in [0.5, 0.6) is 0 Å². The zero-order chi connectivity index (χ0) is 15.6. The maximum Gasteiger partial charge on any atom is 0.371 e. The first-order chi connectivity index (χ1) is 9.86. The zero-order valence-corrected chi connectivity index (χ0v) is 13.0. The Hall–Kier alpha value is -1.38. The van der Waals surface area contributed by atoms with Gasteiger partial charge in [-0.05, 0) is 19.9 Å². The number of furan rings is 1. The van der Waals surface area contributed by atoms with Crippen LogP contribution in [0.4, 0.5) is 0 Å². The van der Waals surface area contributed by atoms with Crippen LogP contribution in [0.1, 0.15) is 29.7 Å². The van der Waals surface area contributed by atoms with Crippen molar-refractivity contribution in [3.63, 3.8) is 0 Å². The maximum absolute atomic E-state index is 12.6. The zero-order valence-electron chi connectivity index (χ0n) is 12.2. The van der Waals surface area contributed by atoms with E-state index in [1.165, 1.54) is 11.2 Å². The number of rotatable bonds is 5. The lowest BCUT2D eigenvalue weighted by atomic mass is 10.3. The van der Waals surface area contributed by atoms with Gasteiger partial charge < -0.3 is 14.4 Å². The van der Waals surface area contributed by atoms with E-state index in [0.29, 0.717) is 26.2 Å². The molecular weight excluding hydrogens is 296 g/mol. The first-order valence-corrected chi connectivity index (χ1v) is 8.36. The Morgan fingerprint density at radius 2 is 1.95 bits per heavy atom. The Kier molecular flexibility index (Phi) is 4.70. The molecule has 0 spiro atoms. The summed E-state index contributed by atoms with van der Waals surface area (Å²) in [4.78, 5) is 13.0. The molecule has 118 valence electrons. The van der Waals surface area contributed by atoms with Gasteiger partial charge in [-0.3, -0.25) is 0 Å². The van der Waals surface area contributed by atoms with E-state index in [1.807, 2.05) is 0 Å². The van der Waals surface area contributed by atoms with Crippen LogP contribution in [0.2, 0.25) is 0 Å². The second-order valence-corrected chi connectivity index (χ2v) is 6.99. The van der Waals surface area contributed by atoms with Crippen molar-refractivity contribution >= 4 is 16.0 Å². The van der Waals surface area contributed by atoms with E-state index < -0.39 is 16.0 Å². The molecule has 1 aliphatic heterocycles. The summed E-state index contributed by atoms with van der Waals surface area (Å²) in [7, 11) is -3.69. The fourth-order valence-electron chi connectivity index (χ4n) is 2.48. The summed E-state index contributed by atoms with van der Waals surface area (Å²) in [5.74, 6) is -1.51. The fourth-order valence-corrected chi connectivity index (χ4v) is 4.06. The molecule has 21 heavy (non-hydrogen) atoms. The van der Waals surface area contributed by atoms with Crippen molar-refractivity contribution < 1.29 is 22.7 Å². The van der Waals surface area contributed by atoms with E-state index >= 15 is 0 Å². The number of aromatic carboxylic acids is 1. The molecule has 0 amide bonds. The number of sulfonamides is 1. The molecule has 0 bridgehead atoms. The first-order valence-electron chi connectivity index (χ1n) is 6.92. The molecule has 1 aliphatic rings. The SMILES string of the molecule is CCCN1CCN(S(=O)(=O)c2cc(C(=O)O)oc2C)CC1. The van der Waals surface area contributed by atoms with Gasteiger partial charge in [0.05, 0.1) is 0 Å². The Bertz CT molecular complexity index is 615. The molecule has 1 aromatic rings. The van der Waals surface area contributed by atoms with Crippen molar-refractivity contribution in [2.45, 2.75) is 25.2 Å². The van der Waals surface area contributed by atoms with Gasteiger partial charge in [0, 0.05) is 32.2 Å². The summed E-state index contributed by atoms with van der Waals surface area (Å²) >= 11 is 0. The standard InChI is InChI=1S/C13H20N2O5S/c1-3-4-14-5-7-15(8-6-14)21(18,19)12-9-11(13(16)17)20-10(12)2/h9H,3-8H2,1-2H3,(H,16,17). The highest BCUT2D eigenvalue weighted by molar-refractivity contribution is 7.89. The molecule has 0 aromatic carbocycles. The van der Waals surface area contributed by atoms with Crippen LogP contribution >= 0.6 is 0 Å². The largest absolute Gasteiger partial charge is 0.475 e. The average Bonchev–Trinajstić information content (AvgIpc) is 2.83. The minimum Gasteiger partial charge on any atom is -0.475 e. The minimum absolute atomic E-state index is 0.0520. The van der Waals surface area contributed by atoms with Gasteiger partial charge in [0.1, 0.15) is 10.7 Å². The Labute approximate surface area is 124 Å². The van der Waals surface area contributed by atoms with E-state index in [0.717, 1.165) is 19.0 Å². The molecule has 1 aromatic heterocycles. The number of piperazine rings is 1. The highest BCUT2D eigenvalue weighted by Crippen LogP contribution is 2.24. The van der Waals surface area contributed by atoms with Gasteiger partial charge in [0.2, 0.25) is 15.8 Å². The van der Waals surface area contributed by atoms with Crippen molar-refractivity contribution in [3.8, 4) is 0 Å². The lowest BCUT2D eigenvalue weighted by Gasteiger charge is -2.33. The summed E-state index contributed by atoms with van der Waals surface area (Å²) in [6, 6.07) is 1.09. The highest BCUT2D eigenvalue weighted by atomic mass is 32.2. The van der Waals surface area contributed by atoms with Crippen molar-refractivity contribution in [2.24, 2.45) is 0 Å². The second-order valence-electron chi connectivity index (χ2n) is 5.08. The predicted octanol–water partition coefficient (Wildman–Crippen LogP) is 1.00. The number of carbonyl (C=O) groups is 1. The monoisotopic (exact) mass is 316 g/mol. The summed E-state index contributed by atoms with van der Waals surface area (Å²) in [6.07, 6.45) is 1.04. The van der Waals surface area contributed by atoms with Gasteiger partial charge in [0.15, 0.2) is 0 Å². The van der Waals surface area contributed by atoms with E-state index in [-0.39, 0.29) is 16.4 Å². The molecule has 2 heterocycles. The first kappa shape index (κ1) is 16.0. The normalized spacial score (nSPS) is 18.0. The van der Waals surface area contributed by atoms with Gasteiger partial charge in [-0.15, -0.1) is 0 Å². The van der Waals surface area contributed by atoms with Gasteiger partial charge in [-0.25, -0.2) is 13.2 Å². The van der Waals surface area contributed by atoms with Crippen LogP contribution in [0.15, 0.2) is 15.4 Å². The Morgan fingerprint density at radius 3 is 2.43 bits per heavy atom. The molecule has 0 saturated carbocycles. The van der Waals surface area contributed by atoms with E-state index in [2.05, 4.69) is 11.8 Å². The lowest BCUT2D eigenvalue weighted by molar-refractivity contribution is 0.0661. The van der Waals surface area contributed by atoms with E-state index in [9.17, 15) is 13.2 Å². The van der Waals surface area contributed by atoms with Crippen molar-refractivity contribution in [2.75, 3.05) is 32.7 Å². The third-order valence-corrected chi connectivity index (χ3v) is 5.58. The number of carboxylic acid groups (broad SMARTS) is 1. The molecule has 7 nitrogen and oxygen atoms in total. The van der Waals surface area contributed by atoms with E-state index in [4.69, 9.17) is 9.52 Å². The van der Waals surface area contributed by atoms with Crippen LogP contribution < -0.4 is 0 Å². The summed E-state index contributed by atoms with van der Waals surface area (Å²) < 4.78 is 31.5. The van der Waals surface area contributed by atoms with Crippen LogP contribution in [0.25, 0.3) is 0 Å². The molecule has 0 aliphatic carbocycles. The van der Waals surface area contributed by atoms with E-state index in [1.54, 1.807) is 0 Å². The number of nitrogens with zero attached hydrogens (tertiary/aromatic N) is 2. The average molecular weight is 316 g/mol. The minimum atomic E-state index is -3.69. The van der Waals surface area contributed by atoms with Crippen LogP contribution in [-0.2, 0) is 10.0 Å². The van der Waals surface area contributed by atoms with Gasteiger partial charge in [0.25, 0.3) is 0 Å². The number of hydrogen-bond acceptors (Lipinski definition) is 5. The van der Waals surface area contributed by atoms with Gasteiger partial charge in [-0.1, -0.05) is 6.92 Å². The lowest BCUT2D eigenvalue weighted by Crippen LogP contribution is -2.48. The Balaban J connectivity index is 2.18. The third-order valence-electron chi connectivity index (χ3n) is 3.57. The number of hydrogen-bond donors (Lipinski definition) is 1. The molecule has 0 unspecified atom stereocenters. The fraction of sp³-hybridized carbons (Fsp3) is 0.615. The molecule has 1 N–H and O–H groups in total. The van der Waals surface area contributed by atoms with Crippen molar-refractivity contribution in [3.05, 3.63) is 17.6 Å².